The molecule has 0 radical (unpaired) electrons. The maximum Gasteiger partial charge on any atom is 0.166 e. The molecule has 4 heterocycles. The predicted molar refractivity (Wildman–Crippen MR) is 289 cm³/mol. The van der Waals surface area contributed by atoms with Crippen molar-refractivity contribution in [2.24, 2.45) is 0 Å². The van der Waals surface area contributed by atoms with Gasteiger partial charge in [0, 0.05) is 98.7 Å². The number of ketones is 1. The van der Waals surface area contributed by atoms with Crippen molar-refractivity contribution in [3.8, 4) is 34.0 Å². The molecule has 2 aliphatic rings. The standard InChI is InChI=1S/C55H74N8O5S2/c1-5-58(33-35-64)23-7-9-37-67-47-19-21-49-51(39-47)69-56-53(49)43-11-15-45(16-12-43)62-29-25-60(26-30-62)41(3)55(66)42(4)61-27-31-63(32-28-61)46-17-13-44(14-18-46)54-50-22-20-48(40-52(50)70-57-54)68-38-10-8-24-59(6-2)34-36-65/h11-22,39-42,64-65H,5-10,23-38H2,1-4H3. The number of aliphatic hydroxyl groups excluding tert-OH is 2. The first kappa shape index (κ1) is 51.6. The van der Waals surface area contributed by atoms with Crippen molar-refractivity contribution >= 4 is 60.4 Å². The predicted octanol–water partition coefficient (Wildman–Crippen LogP) is 8.48. The summed E-state index contributed by atoms with van der Waals surface area (Å²) in [5.74, 6) is 2.06. The first-order valence-electron chi connectivity index (χ1n) is 25.7. The molecule has 2 aliphatic heterocycles. The number of aromatic nitrogens is 2. The van der Waals surface area contributed by atoms with Crippen molar-refractivity contribution in [3.05, 3.63) is 84.9 Å². The molecule has 376 valence electrons. The third-order valence-corrected chi connectivity index (χ3v) is 16.1. The fourth-order valence-corrected chi connectivity index (χ4v) is 11.6. The number of aliphatic hydroxyl groups is 2. The molecule has 2 unspecified atom stereocenters. The van der Waals surface area contributed by atoms with Gasteiger partial charge < -0.3 is 39.3 Å². The zero-order chi connectivity index (χ0) is 48.8. The zero-order valence-electron chi connectivity index (χ0n) is 41.8. The Kier molecular flexibility index (Phi) is 18.9. The van der Waals surface area contributed by atoms with Crippen LogP contribution in [0.4, 0.5) is 11.4 Å². The third kappa shape index (κ3) is 13.0. The molecule has 0 spiro atoms. The van der Waals surface area contributed by atoms with Gasteiger partial charge in [-0.2, -0.15) is 8.75 Å². The molecular formula is C55H74N8O5S2. The molecular weight excluding hydrogens is 917 g/mol. The number of nitrogens with zero attached hydrogens (tertiary/aromatic N) is 8. The summed E-state index contributed by atoms with van der Waals surface area (Å²) < 4.78 is 24.1. The van der Waals surface area contributed by atoms with E-state index in [-0.39, 0.29) is 25.3 Å². The van der Waals surface area contributed by atoms with Crippen molar-refractivity contribution in [1.29, 1.82) is 0 Å². The summed E-state index contributed by atoms with van der Waals surface area (Å²) >= 11 is 3.03. The number of benzene rings is 4. The van der Waals surface area contributed by atoms with E-state index in [4.69, 9.17) is 18.2 Å². The number of likely N-dealkylation sites (N-methyl/N-ethyl adjacent to an activating group) is 2. The van der Waals surface area contributed by atoms with E-state index in [1.165, 1.54) is 34.4 Å². The lowest BCUT2D eigenvalue weighted by atomic mass is 10.0. The van der Waals surface area contributed by atoms with E-state index in [0.29, 0.717) is 19.0 Å². The van der Waals surface area contributed by atoms with Crippen LogP contribution in [0.1, 0.15) is 53.4 Å². The van der Waals surface area contributed by atoms with Crippen LogP contribution in [-0.2, 0) is 4.79 Å². The summed E-state index contributed by atoms with van der Waals surface area (Å²) in [6.07, 6.45) is 4.04. The quantitative estimate of drug-likeness (QED) is 0.0507. The van der Waals surface area contributed by atoms with E-state index in [1.807, 2.05) is 0 Å². The highest BCUT2D eigenvalue weighted by Crippen LogP contribution is 2.36. The topological polar surface area (TPSA) is 121 Å². The maximum atomic E-state index is 14.0. The second-order valence-electron chi connectivity index (χ2n) is 18.7. The first-order valence-corrected chi connectivity index (χ1v) is 27.2. The minimum absolute atomic E-state index is 0.130. The van der Waals surface area contributed by atoms with E-state index in [9.17, 15) is 15.0 Å². The number of Topliss-reactive ketones (excluding diaryl/α,β-unsaturated/α-hetero) is 1. The highest BCUT2D eigenvalue weighted by Gasteiger charge is 2.33. The lowest BCUT2D eigenvalue weighted by Gasteiger charge is -2.42. The number of ether oxygens (including phenoxy) is 2. The lowest BCUT2D eigenvalue weighted by Crippen LogP contribution is -2.57. The fourth-order valence-electron chi connectivity index (χ4n) is 9.93. The summed E-state index contributed by atoms with van der Waals surface area (Å²) in [5.41, 5.74) is 6.62. The van der Waals surface area contributed by atoms with E-state index in [1.54, 1.807) is 0 Å². The number of hydrogen-bond acceptors (Lipinski definition) is 15. The van der Waals surface area contributed by atoms with Crippen LogP contribution in [0.15, 0.2) is 84.9 Å². The summed E-state index contributed by atoms with van der Waals surface area (Å²) in [4.78, 5) is 28.1. The van der Waals surface area contributed by atoms with Gasteiger partial charge in [0.05, 0.1) is 59.3 Å². The normalized spacial score (nSPS) is 15.9. The average Bonchev–Trinajstić information content (AvgIpc) is 4.04. The van der Waals surface area contributed by atoms with Crippen LogP contribution in [-0.4, -0.2) is 174 Å². The van der Waals surface area contributed by atoms with Gasteiger partial charge in [-0.1, -0.05) is 38.1 Å². The summed E-state index contributed by atoms with van der Waals surface area (Å²) in [7, 11) is 0. The highest BCUT2D eigenvalue weighted by molar-refractivity contribution is 7.14. The van der Waals surface area contributed by atoms with Gasteiger partial charge in [0.2, 0.25) is 0 Å². The monoisotopic (exact) mass is 991 g/mol. The second-order valence-corrected chi connectivity index (χ2v) is 20.3. The van der Waals surface area contributed by atoms with Crippen LogP contribution < -0.4 is 19.3 Å². The number of piperazine rings is 2. The number of unbranched alkanes of at least 4 members (excludes halogenated alkanes) is 2. The molecule has 2 aromatic heterocycles. The van der Waals surface area contributed by atoms with Crippen molar-refractivity contribution in [1.82, 2.24) is 28.3 Å². The fraction of sp³-hybridized carbons (Fsp3) is 0.509. The summed E-state index contributed by atoms with van der Waals surface area (Å²) in [6, 6.07) is 29.9. The molecule has 0 aliphatic carbocycles. The first-order chi connectivity index (χ1) is 34.3. The molecule has 2 fully saturated rings. The number of carbonyl (C=O) groups excluding carboxylic acids is 1. The number of rotatable bonds is 26. The van der Waals surface area contributed by atoms with Gasteiger partial charge in [-0.15, -0.1) is 0 Å². The van der Waals surface area contributed by atoms with Gasteiger partial charge in [0.15, 0.2) is 5.78 Å². The molecule has 2 saturated heterocycles. The van der Waals surface area contributed by atoms with Gasteiger partial charge >= 0.3 is 0 Å². The molecule has 2 N–H and O–H groups in total. The van der Waals surface area contributed by atoms with E-state index < -0.39 is 0 Å². The van der Waals surface area contributed by atoms with Crippen molar-refractivity contribution in [3.63, 3.8) is 0 Å². The van der Waals surface area contributed by atoms with Gasteiger partial charge in [0.25, 0.3) is 0 Å². The van der Waals surface area contributed by atoms with E-state index in [2.05, 4.69) is 142 Å². The maximum absolute atomic E-state index is 14.0. The highest BCUT2D eigenvalue weighted by atomic mass is 32.1. The largest absolute Gasteiger partial charge is 0.494 e. The molecule has 2 atom stereocenters. The van der Waals surface area contributed by atoms with E-state index >= 15 is 0 Å². The number of fused-ring (bicyclic) bond motifs is 2. The van der Waals surface area contributed by atoms with Crippen molar-refractivity contribution in [2.75, 3.05) is 128 Å². The Bertz CT molecular complexity index is 2370. The Morgan fingerprint density at radius 2 is 0.971 bits per heavy atom. The van der Waals surface area contributed by atoms with Gasteiger partial charge in [-0.3, -0.25) is 14.6 Å². The molecule has 8 rings (SSSR count). The SMILES string of the molecule is CCN(CCO)CCCCOc1ccc2c(-c3ccc(N4CCN(C(C)C(=O)C(C)N5CCN(c6ccc(-c7nsc8cc(OCCCCN(CC)CCO)ccc78)cc6)CC5)CC4)cc3)nsc2c1. The molecule has 6 aromatic rings. The van der Waals surface area contributed by atoms with Crippen molar-refractivity contribution < 1.29 is 24.5 Å². The van der Waals surface area contributed by atoms with Crippen LogP contribution in [0.3, 0.4) is 0 Å². The van der Waals surface area contributed by atoms with E-state index in [0.717, 1.165) is 171 Å². The number of hydrogen-bond donors (Lipinski definition) is 2. The molecule has 4 aromatic carbocycles. The Hall–Kier alpha value is -4.71. The molecule has 15 heteroatoms. The van der Waals surface area contributed by atoms with Crippen LogP contribution in [0.5, 0.6) is 11.5 Å². The smallest absolute Gasteiger partial charge is 0.166 e. The Balaban J connectivity index is 0.754. The minimum atomic E-state index is -0.130. The minimum Gasteiger partial charge on any atom is -0.494 e. The van der Waals surface area contributed by atoms with Crippen LogP contribution in [0.25, 0.3) is 42.7 Å². The van der Waals surface area contributed by atoms with Crippen LogP contribution in [0.2, 0.25) is 0 Å². The van der Waals surface area contributed by atoms with Gasteiger partial charge in [-0.05, 0) is 149 Å². The number of carbonyl (C=O) groups is 1. The second kappa shape index (κ2) is 25.6. The summed E-state index contributed by atoms with van der Waals surface area (Å²) in [5, 5.41) is 20.7. The molecule has 13 nitrogen and oxygen atoms in total. The van der Waals surface area contributed by atoms with Crippen LogP contribution >= 0.6 is 23.1 Å². The van der Waals surface area contributed by atoms with Gasteiger partial charge in [0.1, 0.15) is 11.5 Å². The molecule has 70 heavy (non-hydrogen) atoms. The zero-order valence-corrected chi connectivity index (χ0v) is 43.4. The summed E-state index contributed by atoms with van der Waals surface area (Å²) in [6.45, 7) is 22.5. The average molecular weight is 991 g/mol. The lowest BCUT2D eigenvalue weighted by molar-refractivity contribution is -0.128. The Morgan fingerprint density at radius 3 is 1.34 bits per heavy atom. The van der Waals surface area contributed by atoms with Gasteiger partial charge in [-0.25, -0.2) is 0 Å². The number of anilines is 2. The van der Waals surface area contributed by atoms with Crippen LogP contribution in [0, 0.1) is 0 Å². The molecule has 0 saturated carbocycles. The Labute approximate surface area is 423 Å². The van der Waals surface area contributed by atoms with Crippen molar-refractivity contribution in [2.45, 2.75) is 65.5 Å². The molecule has 0 bridgehead atoms. The Morgan fingerprint density at radius 1 is 0.571 bits per heavy atom. The third-order valence-electron chi connectivity index (χ3n) is 14.4. The molecule has 0 amide bonds.